The molecule has 0 aromatic heterocycles. The van der Waals surface area contributed by atoms with Crippen LogP contribution in [0.3, 0.4) is 0 Å². The number of hydrogen-bond donors (Lipinski definition) is 2. The minimum Gasteiger partial charge on any atom is -0.435 e. The zero-order chi connectivity index (χ0) is 23.9. The van der Waals surface area contributed by atoms with Crippen LogP contribution in [-0.2, 0) is 19.6 Å². The van der Waals surface area contributed by atoms with E-state index in [1.54, 1.807) is 22.6 Å². The van der Waals surface area contributed by atoms with Crippen molar-refractivity contribution in [1.29, 1.82) is 0 Å². The van der Waals surface area contributed by atoms with Crippen LogP contribution >= 0.6 is 67.8 Å². The molecule has 7 nitrogen and oxygen atoms in total. The second-order valence-corrected chi connectivity index (χ2v) is 10.4. The molecule has 0 atom stereocenters. The first-order chi connectivity index (χ1) is 13.2. The minimum absolute atomic E-state index is 0.0736. The molecule has 0 saturated heterocycles. The van der Waals surface area contributed by atoms with Gasteiger partial charge in [0.1, 0.15) is 5.75 Å². The van der Waals surface area contributed by atoms with E-state index in [1.807, 2.05) is 0 Å². The molecule has 2 N–H and O–H groups in total. The normalized spacial score (nSPS) is 13.2. The van der Waals surface area contributed by atoms with Crippen LogP contribution in [-0.4, -0.2) is 48.6 Å². The molecule has 0 aliphatic heterocycles. The second kappa shape index (κ2) is 9.37. The lowest BCUT2D eigenvalue weighted by atomic mass is 10.1. The quantitative estimate of drug-likeness (QED) is 0.199. The van der Waals surface area contributed by atoms with Crippen molar-refractivity contribution in [3.05, 3.63) is 22.3 Å². The Morgan fingerprint density at radius 1 is 1.07 bits per heavy atom. The first-order valence-electron chi connectivity index (χ1n) is 7.00. The number of carbonyl (C=O) groups excluding carboxylic acids is 2. The summed E-state index contributed by atoms with van der Waals surface area (Å²) in [6, 6.07) is 1.18. The average molecular weight is 801 g/mol. The Balaban J connectivity index is 3.71. The number of rotatable bonds is 5. The van der Waals surface area contributed by atoms with Crippen molar-refractivity contribution < 1.29 is 53.6 Å². The van der Waals surface area contributed by atoms with Gasteiger partial charge < -0.3 is 10.1 Å². The molecule has 0 unspecified atom stereocenters. The zero-order valence-electron chi connectivity index (χ0n) is 14.1. The molecule has 0 radical (unpaired) electrons. The van der Waals surface area contributed by atoms with Crippen LogP contribution in [0.2, 0.25) is 0 Å². The van der Waals surface area contributed by atoms with Gasteiger partial charge >= 0.3 is 23.9 Å². The maximum atomic E-state index is 13.4. The molecule has 1 amide bonds. The number of carbonyl (C=O) groups is 2. The van der Waals surface area contributed by atoms with Crippen LogP contribution in [0, 0.1) is 10.7 Å². The molecule has 0 aliphatic carbocycles. The summed E-state index contributed by atoms with van der Waals surface area (Å²) < 4.78 is 114. The summed E-state index contributed by atoms with van der Waals surface area (Å²) in [4.78, 5) is 23.7. The number of anilines is 1. The molecule has 0 spiro atoms. The summed E-state index contributed by atoms with van der Waals surface area (Å²) in [7, 11) is -5.91. The lowest BCUT2D eigenvalue weighted by Gasteiger charge is -2.35. The molecule has 17 heteroatoms. The number of alkyl halides is 6. The van der Waals surface area contributed by atoms with Crippen LogP contribution in [0.4, 0.5) is 32.0 Å². The third-order valence-electron chi connectivity index (χ3n) is 3.24. The number of amides is 1. The van der Waals surface area contributed by atoms with Gasteiger partial charge in [-0.15, -0.1) is 0 Å². The maximum Gasteiger partial charge on any atom is 0.438 e. The Labute approximate surface area is 205 Å². The monoisotopic (exact) mass is 801 g/mol. The Hall–Kier alpha value is -0.160. The summed E-state index contributed by atoms with van der Waals surface area (Å²) in [5, 5.41) is 2.28. The molecule has 0 bridgehead atoms. The van der Waals surface area contributed by atoms with Gasteiger partial charge in [-0.2, -0.15) is 34.8 Å². The molecule has 0 heterocycles. The molecule has 0 fully saturated rings. The maximum absolute atomic E-state index is 13.4. The molecule has 1 aromatic rings. The number of nitrogens with one attached hydrogen (secondary N) is 1. The molecule has 30 heavy (non-hydrogen) atoms. The van der Waals surface area contributed by atoms with E-state index in [0.29, 0.717) is 3.57 Å². The number of ether oxygens (including phenoxy) is 1. The summed E-state index contributed by atoms with van der Waals surface area (Å²) in [5.41, 5.74) is -6.38. The van der Waals surface area contributed by atoms with Crippen molar-refractivity contribution in [3.63, 3.8) is 0 Å². The van der Waals surface area contributed by atoms with Gasteiger partial charge in [0, 0.05) is 14.1 Å². The SMILES string of the molecule is CC(=O)Nc1c(I)cc(I)c(C(=O)OC(CS(=O)(=O)O)(C(F)(F)F)C(F)(F)F)c1I. The van der Waals surface area contributed by atoms with Gasteiger partial charge in [0.15, 0.2) is 0 Å². The molecule has 170 valence electrons. The number of benzene rings is 1. The first kappa shape index (κ1) is 27.9. The van der Waals surface area contributed by atoms with Crippen molar-refractivity contribution >= 4 is 95.5 Å². The summed E-state index contributed by atoms with van der Waals surface area (Å²) in [6.45, 7) is 1.08. The van der Waals surface area contributed by atoms with Crippen LogP contribution in [0.15, 0.2) is 6.07 Å². The second-order valence-electron chi connectivity index (χ2n) is 5.52. The van der Waals surface area contributed by atoms with Crippen molar-refractivity contribution in [1.82, 2.24) is 0 Å². The third kappa shape index (κ3) is 6.21. The Morgan fingerprint density at radius 3 is 1.90 bits per heavy atom. The standard InChI is InChI=1S/C13H8F6I3NO6S/c1-4(24)23-9-6(21)2-5(20)7(8(9)22)10(25)29-11(12(14,15)16,13(17,18)19)3-30(26,27)28/h2H,3H2,1H3,(H,23,24)(H,26,27,28). The van der Waals surface area contributed by atoms with Crippen LogP contribution in [0.5, 0.6) is 0 Å². The van der Waals surface area contributed by atoms with Gasteiger partial charge in [-0.3, -0.25) is 9.35 Å². The van der Waals surface area contributed by atoms with E-state index >= 15 is 0 Å². The Kier molecular flexibility index (Phi) is 8.71. The van der Waals surface area contributed by atoms with Gasteiger partial charge in [-0.05, 0) is 73.8 Å². The molecule has 0 saturated carbocycles. The van der Waals surface area contributed by atoms with E-state index in [1.165, 1.54) is 51.2 Å². The van der Waals surface area contributed by atoms with Crippen molar-refractivity contribution in [2.24, 2.45) is 0 Å². The third-order valence-corrected chi connectivity index (χ3v) is 6.80. The van der Waals surface area contributed by atoms with E-state index in [4.69, 9.17) is 4.55 Å². The summed E-state index contributed by atoms with van der Waals surface area (Å²) in [6.07, 6.45) is -12.9. The first-order valence-corrected chi connectivity index (χ1v) is 11.8. The lowest BCUT2D eigenvalue weighted by Crippen LogP contribution is -2.63. The summed E-state index contributed by atoms with van der Waals surface area (Å²) in [5.74, 6) is -5.79. The zero-order valence-corrected chi connectivity index (χ0v) is 21.4. The highest BCUT2D eigenvalue weighted by Gasteiger charge is 2.76. The fourth-order valence-corrected chi connectivity index (χ4v) is 6.98. The largest absolute Gasteiger partial charge is 0.438 e. The molecule has 1 rings (SSSR count). The van der Waals surface area contributed by atoms with Gasteiger partial charge in [-0.25, -0.2) is 4.79 Å². The number of esters is 1. The highest BCUT2D eigenvalue weighted by Crippen LogP contribution is 2.47. The topological polar surface area (TPSA) is 110 Å². The van der Waals surface area contributed by atoms with Crippen molar-refractivity contribution in [2.45, 2.75) is 24.9 Å². The van der Waals surface area contributed by atoms with Gasteiger partial charge in [0.05, 0.1) is 14.8 Å². The smallest absolute Gasteiger partial charge is 0.435 e. The Bertz CT molecular complexity index is 965. The fraction of sp³-hybridized carbons (Fsp3) is 0.385. The van der Waals surface area contributed by atoms with Gasteiger partial charge in [0.25, 0.3) is 10.1 Å². The highest BCUT2D eigenvalue weighted by molar-refractivity contribution is 14.1. The van der Waals surface area contributed by atoms with Crippen molar-refractivity contribution in [3.8, 4) is 0 Å². The Morgan fingerprint density at radius 2 is 1.53 bits per heavy atom. The van der Waals surface area contributed by atoms with E-state index < -0.39 is 51.3 Å². The van der Waals surface area contributed by atoms with E-state index in [0.717, 1.165) is 6.92 Å². The van der Waals surface area contributed by atoms with Crippen LogP contribution < -0.4 is 5.32 Å². The van der Waals surface area contributed by atoms with E-state index in [2.05, 4.69) is 10.1 Å². The predicted molar refractivity (Wildman–Crippen MR) is 116 cm³/mol. The van der Waals surface area contributed by atoms with Crippen LogP contribution in [0.25, 0.3) is 0 Å². The van der Waals surface area contributed by atoms with E-state index in [9.17, 15) is 44.3 Å². The van der Waals surface area contributed by atoms with Gasteiger partial charge in [0.2, 0.25) is 5.91 Å². The average Bonchev–Trinajstić information content (AvgIpc) is 2.46. The number of hydrogen-bond acceptors (Lipinski definition) is 5. The highest BCUT2D eigenvalue weighted by atomic mass is 127. The van der Waals surface area contributed by atoms with Crippen LogP contribution in [0.1, 0.15) is 17.3 Å². The predicted octanol–water partition coefficient (Wildman–Crippen LogP) is 4.37. The molecule has 1 aromatic carbocycles. The fourth-order valence-electron chi connectivity index (χ4n) is 2.00. The molecule has 0 aliphatic rings. The minimum atomic E-state index is -6.45. The number of halogens is 9. The van der Waals surface area contributed by atoms with Gasteiger partial charge in [-0.1, -0.05) is 0 Å². The lowest BCUT2D eigenvalue weighted by molar-refractivity contribution is -0.356. The van der Waals surface area contributed by atoms with Crippen molar-refractivity contribution in [2.75, 3.05) is 11.1 Å². The van der Waals surface area contributed by atoms with E-state index in [-0.39, 0.29) is 12.8 Å². The summed E-state index contributed by atoms with van der Waals surface area (Å²) >= 11 is 4.56. The molecular weight excluding hydrogens is 793 g/mol. The molecular formula is C13H8F6I3NO6S.